The summed E-state index contributed by atoms with van der Waals surface area (Å²) in [7, 11) is 0. The molecule has 1 aromatic carbocycles. The van der Waals surface area contributed by atoms with E-state index in [-0.39, 0.29) is 0 Å². The van der Waals surface area contributed by atoms with Crippen molar-refractivity contribution in [2.75, 3.05) is 0 Å². The van der Waals surface area contributed by atoms with Gasteiger partial charge in [0.1, 0.15) is 12.6 Å². The molecule has 0 amide bonds. The molecule has 0 bridgehead atoms. The van der Waals surface area contributed by atoms with E-state index in [2.05, 4.69) is 0 Å². The van der Waals surface area contributed by atoms with Crippen molar-refractivity contribution >= 4 is 12.6 Å². The van der Waals surface area contributed by atoms with Gasteiger partial charge >= 0.3 is 0 Å². The third-order valence-electron chi connectivity index (χ3n) is 2.87. The summed E-state index contributed by atoms with van der Waals surface area (Å²) in [6.45, 7) is 6.02. The highest BCUT2D eigenvalue weighted by atomic mass is 16.1. The number of aldehydes is 2. The number of carbonyl (C=O) groups is 2. The van der Waals surface area contributed by atoms with E-state index in [9.17, 15) is 9.59 Å². The first-order chi connectivity index (χ1) is 7.19. The summed E-state index contributed by atoms with van der Waals surface area (Å²) in [5, 5.41) is 0. The lowest BCUT2D eigenvalue weighted by atomic mass is 9.90. The van der Waals surface area contributed by atoms with Gasteiger partial charge in [-0.05, 0) is 42.5 Å². The minimum atomic E-state index is 0.631. The summed E-state index contributed by atoms with van der Waals surface area (Å²) in [6, 6.07) is 1.69. The van der Waals surface area contributed by atoms with Gasteiger partial charge in [0.05, 0.1) is 0 Å². The Bertz CT molecular complexity index is 392. The molecule has 0 spiro atoms. The molecule has 0 aliphatic heterocycles. The molecule has 80 valence electrons. The summed E-state index contributed by atoms with van der Waals surface area (Å²) < 4.78 is 0. The standard InChI is InChI=1S/C13H16O2/c1-4-12-9(3)10(7-14)6-11(8-15)13(12)5-2/h6-8H,4-5H2,1-3H3. The number of benzene rings is 1. The first kappa shape index (κ1) is 11.6. The molecule has 0 aliphatic rings. The fourth-order valence-electron chi connectivity index (χ4n) is 2.06. The molecular weight excluding hydrogens is 188 g/mol. The summed E-state index contributed by atoms with van der Waals surface area (Å²) in [6.07, 6.45) is 3.35. The third kappa shape index (κ3) is 1.99. The number of hydrogen-bond donors (Lipinski definition) is 0. The van der Waals surface area contributed by atoms with Gasteiger partial charge in [-0.15, -0.1) is 0 Å². The SMILES string of the molecule is CCc1c(C=O)cc(C=O)c(C)c1CC. The molecule has 0 aromatic heterocycles. The second-order valence-corrected chi connectivity index (χ2v) is 3.58. The van der Waals surface area contributed by atoms with Crippen LogP contribution in [0, 0.1) is 6.92 Å². The van der Waals surface area contributed by atoms with Crippen molar-refractivity contribution < 1.29 is 9.59 Å². The van der Waals surface area contributed by atoms with Crippen molar-refractivity contribution in [3.8, 4) is 0 Å². The van der Waals surface area contributed by atoms with Crippen LogP contribution >= 0.6 is 0 Å². The molecule has 0 N–H and O–H groups in total. The van der Waals surface area contributed by atoms with E-state index >= 15 is 0 Å². The summed E-state index contributed by atoms with van der Waals surface area (Å²) in [5.74, 6) is 0. The van der Waals surface area contributed by atoms with Gasteiger partial charge < -0.3 is 0 Å². The van der Waals surface area contributed by atoms with Crippen LogP contribution in [0.15, 0.2) is 6.07 Å². The lowest BCUT2D eigenvalue weighted by Crippen LogP contribution is -2.04. The van der Waals surface area contributed by atoms with Crippen LogP contribution in [0.25, 0.3) is 0 Å². The second-order valence-electron chi connectivity index (χ2n) is 3.58. The maximum absolute atomic E-state index is 10.9. The zero-order valence-corrected chi connectivity index (χ0v) is 9.46. The normalized spacial score (nSPS) is 10.1. The lowest BCUT2D eigenvalue weighted by molar-refractivity contribution is 0.112. The highest BCUT2D eigenvalue weighted by molar-refractivity contribution is 5.86. The van der Waals surface area contributed by atoms with Crippen molar-refractivity contribution in [2.45, 2.75) is 33.6 Å². The van der Waals surface area contributed by atoms with Gasteiger partial charge in [0.25, 0.3) is 0 Å². The quantitative estimate of drug-likeness (QED) is 0.707. The molecule has 0 saturated heterocycles. The highest BCUT2D eigenvalue weighted by Crippen LogP contribution is 2.22. The van der Waals surface area contributed by atoms with Crippen LogP contribution in [0.1, 0.15) is 51.3 Å². The molecular formula is C13H16O2. The van der Waals surface area contributed by atoms with E-state index in [1.165, 1.54) is 0 Å². The number of carbonyl (C=O) groups excluding carboxylic acids is 2. The van der Waals surface area contributed by atoms with Crippen molar-refractivity contribution in [2.24, 2.45) is 0 Å². The van der Waals surface area contributed by atoms with Gasteiger partial charge in [-0.3, -0.25) is 9.59 Å². The maximum atomic E-state index is 10.9. The van der Waals surface area contributed by atoms with Crippen molar-refractivity contribution in [3.05, 3.63) is 33.9 Å². The average molecular weight is 204 g/mol. The van der Waals surface area contributed by atoms with E-state index in [4.69, 9.17) is 0 Å². The Balaban J connectivity index is 3.56. The van der Waals surface area contributed by atoms with Crippen LogP contribution < -0.4 is 0 Å². The molecule has 2 nitrogen and oxygen atoms in total. The van der Waals surface area contributed by atoms with Crippen LogP contribution in [-0.4, -0.2) is 12.6 Å². The molecule has 0 unspecified atom stereocenters. The average Bonchev–Trinajstić information content (AvgIpc) is 2.28. The fraction of sp³-hybridized carbons (Fsp3) is 0.385. The molecule has 0 saturated carbocycles. The van der Waals surface area contributed by atoms with Crippen molar-refractivity contribution in [1.82, 2.24) is 0 Å². The molecule has 0 fully saturated rings. The molecule has 0 heterocycles. The van der Waals surface area contributed by atoms with E-state index < -0.39 is 0 Å². The van der Waals surface area contributed by atoms with Gasteiger partial charge in [0.2, 0.25) is 0 Å². The maximum Gasteiger partial charge on any atom is 0.150 e. The predicted octanol–water partition coefficient (Wildman–Crippen LogP) is 2.74. The number of hydrogen-bond acceptors (Lipinski definition) is 2. The highest BCUT2D eigenvalue weighted by Gasteiger charge is 2.11. The zero-order chi connectivity index (χ0) is 11.4. The zero-order valence-electron chi connectivity index (χ0n) is 9.46. The van der Waals surface area contributed by atoms with E-state index in [1.807, 2.05) is 20.8 Å². The summed E-state index contributed by atoms with van der Waals surface area (Å²) in [4.78, 5) is 21.8. The topological polar surface area (TPSA) is 34.1 Å². The van der Waals surface area contributed by atoms with Gasteiger partial charge in [0.15, 0.2) is 0 Å². The minimum absolute atomic E-state index is 0.631. The van der Waals surface area contributed by atoms with Gasteiger partial charge in [-0.2, -0.15) is 0 Å². The monoisotopic (exact) mass is 204 g/mol. The van der Waals surface area contributed by atoms with Gasteiger partial charge in [-0.25, -0.2) is 0 Å². The Hall–Kier alpha value is -1.44. The van der Waals surface area contributed by atoms with Gasteiger partial charge in [0, 0.05) is 11.1 Å². The van der Waals surface area contributed by atoms with E-state index in [0.717, 1.165) is 42.1 Å². The van der Waals surface area contributed by atoms with Crippen molar-refractivity contribution in [1.29, 1.82) is 0 Å². The Morgan fingerprint density at radius 1 is 1.00 bits per heavy atom. The van der Waals surface area contributed by atoms with Crippen LogP contribution in [0.4, 0.5) is 0 Å². The molecule has 2 heteroatoms. The third-order valence-corrected chi connectivity index (χ3v) is 2.87. The fourth-order valence-corrected chi connectivity index (χ4v) is 2.06. The Morgan fingerprint density at radius 3 is 1.93 bits per heavy atom. The molecule has 0 radical (unpaired) electrons. The Morgan fingerprint density at radius 2 is 1.53 bits per heavy atom. The second kappa shape index (κ2) is 4.87. The molecule has 1 aromatic rings. The minimum Gasteiger partial charge on any atom is -0.298 e. The number of rotatable bonds is 4. The van der Waals surface area contributed by atoms with Crippen LogP contribution in [0.3, 0.4) is 0 Å². The Labute approximate surface area is 90.3 Å². The van der Waals surface area contributed by atoms with E-state index in [0.29, 0.717) is 11.1 Å². The largest absolute Gasteiger partial charge is 0.298 e. The summed E-state index contributed by atoms with van der Waals surface area (Å²) in [5.41, 5.74) is 4.52. The molecule has 0 aliphatic carbocycles. The van der Waals surface area contributed by atoms with Crippen LogP contribution in [-0.2, 0) is 12.8 Å². The lowest BCUT2D eigenvalue weighted by Gasteiger charge is -2.14. The predicted molar refractivity (Wildman–Crippen MR) is 60.7 cm³/mol. The van der Waals surface area contributed by atoms with Crippen molar-refractivity contribution in [3.63, 3.8) is 0 Å². The molecule has 1 rings (SSSR count). The first-order valence-electron chi connectivity index (χ1n) is 5.25. The summed E-state index contributed by atoms with van der Waals surface area (Å²) >= 11 is 0. The molecule has 0 atom stereocenters. The molecule has 15 heavy (non-hydrogen) atoms. The Kier molecular flexibility index (Phi) is 3.78. The van der Waals surface area contributed by atoms with E-state index in [1.54, 1.807) is 6.07 Å². The smallest absolute Gasteiger partial charge is 0.150 e. The van der Waals surface area contributed by atoms with Crippen LogP contribution in [0.2, 0.25) is 0 Å². The first-order valence-corrected chi connectivity index (χ1v) is 5.25. The van der Waals surface area contributed by atoms with Crippen LogP contribution in [0.5, 0.6) is 0 Å². The van der Waals surface area contributed by atoms with Gasteiger partial charge in [-0.1, -0.05) is 13.8 Å².